The second-order valence-electron chi connectivity index (χ2n) is 7.82. The Kier molecular flexibility index (Phi) is 7.09. The van der Waals surface area contributed by atoms with E-state index < -0.39 is 5.82 Å². The molecule has 0 amide bonds. The third-order valence-corrected chi connectivity index (χ3v) is 6.30. The van der Waals surface area contributed by atoms with Gasteiger partial charge in [0.1, 0.15) is 12.1 Å². The minimum absolute atomic E-state index is 0.187. The van der Waals surface area contributed by atoms with Crippen LogP contribution >= 0.6 is 24.2 Å². The number of halogens is 2. The van der Waals surface area contributed by atoms with Gasteiger partial charge in [-0.3, -0.25) is 4.79 Å². The van der Waals surface area contributed by atoms with E-state index in [1.165, 1.54) is 19.5 Å². The summed E-state index contributed by atoms with van der Waals surface area (Å²) in [6.07, 6.45) is 2.22. The Balaban J connectivity index is 1.54. The molecule has 0 fully saturated rings. The molecule has 0 aliphatic carbocycles. The SMILES string of the molecule is CCc1cc(-c2cc(NCCn3c(C)cc4c(OC)c(F)cc(Cl)c43)ncn2)ccc1C(=O)S. The Morgan fingerprint density at radius 1 is 1.24 bits per heavy atom. The predicted octanol–water partition coefficient (Wildman–Crippen LogP) is 5.95. The van der Waals surface area contributed by atoms with E-state index in [1.54, 1.807) is 6.07 Å². The van der Waals surface area contributed by atoms with Crippen LogP contribution in [0.5, 0.6) is 5.75 Å². The average Bonchev–Trinajstić information content (AvgIpc) is 3.15. The summed E-state index contributed by atoms with van der Waals surface area (Å²) < 4.78 is 21.5. The van der Waals surface area contributed by atoms with Crippen LogP contribution in [0.1, 0.15) is 28.5 Å². The molecule has 2 aromatic heterocycles. The quantitative estimate of drug-likeness (QED) is 0.294. The van der Waals surface area contributed by atoms with E-state index in [2.05, 4.69) is 27.9 Å². The van der Waals surface area contributed by atoms with Crippen LogP contribution in [0.4, 0.5) is 10.2 Å². The molecule has 34 heavy (non-hydrogen) atoms. The summed E-state index contributed by atoms with van der Waals surface area (Å²) in [7, 11) is 1.44. The van der Waals surface area contributed by atoms with Crippen LogP contribution in [-0.2, 0) is 13.0 Å². The number of nitrogens with zero attached hydrogens (tertiary/aromatic N) is 3. The molecule has 0 aliphatic rings. The van der Waals surface area contributed by atoms with Crippen molar-refractivity contribution in [2.75, 3.05) is 19.0 Å². The molecule has 0 aliphatic heterocycles. The zero-order chi connectivity index (χ0) is 24.4. The van der Waals surface area contributed by atoms with Crippen LogP contribution in [0.15, 0.2) is 42.7 Å². The Morgan fingerprint density at radius 3 is 2.74 bits per heavy atom. The maximum absolute atomic E-state index is 14.2. The van der Waals surface area contributed by atoms with Crippen molar-refractivity contribution < 1.29 is 13.9 Å². The molecule has 0 unspecified atom stereocenters. The van der Waals surface area contributed by atoms with Gasteiger partial charge in [0.15, 0.2) is 11.6 Å². The number of hydrogen-bond acceptors (Lipinski definition) is 5. The lowest BCUT2D eigenvalue weighted by Crippen LogP contribution is -2.12. The third-order valence-electron chi connectivity index (χ3n) is 5.77. The Morgan fingerprint density at radius 2 is 2.03 bits per heavy atom. The lowest BCUT2D eigenvalue weighted by Gasteiger charge is -2.13. The highest BCUT2D eigenvalue weighted by Crippen LogP contribution is 2.36. The van der Waals surface area contributed by atoms with E-state index in [-0.39, 0.29) is 10.9 Å². The molecule has 0 atom stereocenters. The van der Waals surface area contributed by atoms with E-state index in [1.807, 2.05) is 42.7 Å². The maximum Gasteiger partial charge on any atom is 0.216 e. The number of carbonyl (C=O) groups is 1. The van der Waals surface area contributed by atoms with Crippen molar-refractivity contribution in [3.05, 3.63) is 70.4 Å². The van der Waals surface area contributed by atoms with Crippen LogP contribution in [-0.4, -0.2) is 33.3 Å². The van der Waals surface area contributed by atoms with Crippen LogP contribution in [0, 0.1) is 12.7 Å². The van der Waals surface area contributed by atoms with E-state index in [0.29, 0.717) is 41.3 Å². The molecular weight excluding hydrogens is 475 g/mol. The highest BCUT2D eigenvalue weighted by atomic mass is 35.5. The van der Waals surface area contributed by atoms with Crippen molar-refractivity contribution in [3.8, 4) is 17.0 Å². The predicted molar refractivity (Wildman–Crippen MR) is 137 cm³/mol. The number of benzene rings is 2. The number of aromatic nitrogens is 3. The van der Waals surface area contributed by atoms with Crippen molar-refractivity contribution in [1.29, 1.82) is 0 Å². The zero-order valence-electron chi connectivity index (χ0n) is 19.0. The van der Waals surface area contributed by atoms with Crippen molar-refractivity contribution in [2.24, 2.45) is 0 Å². The number of methoxy groups -OCH3 is 1. The van der Waals surface area contributed by atoms with Crippen LogP contribution in [0.3, 0.4) is 0 Å². The number of fused-ring (bicyclic) bond motifs is 1. The number of anilines is 1. The van der Waals surface area contributed by atoms with Crippen molar-refractivity contribution in [1.82, 2.24) is 14.5 Å². The van der Waals surface area contributed by atoms with Crippen molar-refractivity contribution >= 4 is 46.1 Å². The third kappa shape index (κ3) is 4.60. The standard InChI is InChI=1S/C25H24ClFN4O2S/c1-4-15-10-16(5-6-17(15)25(32)34)21-12-22(30-13-29-21)28-7-8-31-14(2)9-18-23(31)19(26)11-20(27)24(18)33-3/h5-6,9-13H,4,7-8H2,1-3H3,(H,32,34)(H,28,29,30). The van der Waals surface area contributed by atoms with Gasteiger partial charge in [0.05, 0.1) is 23.3 Å². The van der Waals surface area contributed by atoms with Gasteiger partial charge >= 0.3 is 0 Å². The monoisotopic (exact) mass is 498 g/mol. The summed E-state index contributed by atoms with van der Waals surface area (Å²) in [5.74, 6) is 0.370. The molecule has 4 rings (SSSR count). The van der Waals surface area contributed by atoms with Gasteiger partial charge in [-0.05, 0) is 43.2 Å². The molecule has 2 heterocycles. The lowest BCUT2D eigenvalue weighted by molar-refractivity contribution is 0.109. The van der Waals surface area contributed by atoms with E-state index in [0.717, 1.165) is 28.0 Å². The summed E-state index contributed by atoms with van der Waals surface area (Å²) in [4.78, 5) is 20.4. The Hall–Kier alpha value is -3.10. The average molecular weight is 499 g/mol. The molecule has 1 N–H and O–H groups in total. The molecule has 6 nitrogen and oxygen atoms in total. The van der Waals surface area contributed by atoms with Gasteiger partial charge in [-0.15, -0.1) is 12.6 Å². The number of nitrogens with one attached hydrogen (secondary N) is 1. The van der Waals surface area contributed by atoms with Gasteiger partial charge in [0.25, 0.3) is 0 Å². The number of ether oxygens (including phenoxy) is 1. The molecule has 4 aromatic rings. The molecule has 9 heteroatoms. The maximum atomic E-state index is 14.2. The lowest BCUT2D eigenvalue weighted by atomic mass is 10.0. The van der Waals surface area contributed by atoms with Crippen molar-refractivity contribution in [3.63, 3.8) is 0 Å². The van der Waals surface area contributed by atoms with E-state index in [9.17, 15) is 9.18 Å². The molecule has 0 spiro atoms. The van der Waals surface area contributed by atoms with Crippen LogP contribution in [0.25, 0.3) is 22.2 Å². The summed E-state index contributed by atoms with van der Waals surface area (Å²) in [6, 6.07) is 10.6. The summed E-state index contributed by atoms with van der Waals surface area (Å²) >= 11 is 10.3. The summed E-state index contributed by atoms with van der Waals surface area (Å²) in [5, 5.41) is 4.04. The summed E-state index contributed by atoms with van der Waals surface area (Å²) in [6.45, 7) is 5.09. The summed E-state index contributed by atoms with van der Waals surface area (Å²) in [5.41, 5.74) is 4.84. The molecule has 2 aromatic carbocycles. The zero-order valence-corrected chi connectivity index (χ0v) is 20.7. The van der Waals surface area contributed by atoms with Gasteiger partial charge in [0, 0.05) is 41.4 Å². The van der Waals surface area contributed by atoms with Gasteiger partial charge in [-0.2, -0.15) is 0 Å². The number of rotatable bonds is 8. The first-order valence-corrected chi connectivity index (χ1v) is 11.6. The van der Waals surface area contributed by atoms with Crippen LogP contribution < -0.4 is 10.1 Å². The molecule has 0 radical (unpaired) electrons. The van der Waals surface area contributed by atoms with Gasteiger partial charge in [-0.25, -0.2) is 14.4 Å². The van der Waals surface area contributed by atoms with E-state index in [4.69, 9.17) is 16.3 Å². The molecule has 176 valence electrons. The largest absolute Gasteiger partial charge is 0.493 e. The minimum Gasteiger partial charge on any atom is -0.493 e. The van der Waals surface area contributed by atoms with Crippen LogP contribution in [0.2, 0.25) is 5.02 Å². The minimum atomic E-state index is -0.484. The van der Waals surface area contributed by atoms with Gasteiger partial charge in [-0.1, -0.05) is 24.6 Å². The number of hydrogen-bond donors (Lipinski definition) is 2. The molecular formula is C25H24ClFN4O2S. The van der Waals surface area contributed by atoms with Gasteiger partial charge < -0.3 is 14.6 Å². The molecule has 0 saturated carbocycles. The number of aryl methyl sites for hydroxylation is 2. The topological polar surface area (TPSA) is 69.0 Å². The fourth-order valence-corrected chi connectivity index (χ4v) is 4.66. The normalized spacial score (nSPS) is 11.1. The van der Waals surface area contributed by atoms with E-state index >= 15 is 0 Å². The second-order valence-corrected chi connectivity index (χ2v) is 8.63. The highest BCUT2D eigenvalue weighted by Gasteiger charge is 2.17. The first-order valence-electron chi connectivity index (χ1n) is 10.8. The van der Waals surface area contributed by atoms with Crippen molar-refractivity contribution in [2.45, 2.75) is 26.8 Å². The molecule has 0 saturated heterocycles. The molecule has 0 bridgehead atoms. The first-order chi connectivity index (χ1) is 16.3. The number of carbonyl (C=O) groups excluding carboxylic acids is 1. The Labute approximate surface area is 207 Å². The second kappa shape index (κ2) is 10.0. The Bertz CT molecular complexity index is 1390. The fourth-order valence-electron chi connectivity index (χ4n) is 4.14. The first kappa shape index (κ1) is 24.0. The van der Waals surface area contributed by atoms with Gasteiger partial charge in [0.2, 0.25) is 5.12 Å². The smallest absolute Gasteiger partial charge is 0.216 e. The fraction of sp³-hybridized carbons (Fsp3) is 0.240. The highest BCUT2D eigenvalue weighted by molar-refractivity contribution is 7.97. The number of thiol groups is 1.